The Bertz CT molecular complexity index is 1650. The van der Waals surface area contributed by atoms with E-state index in [1.165, 1.54) is 5.56 Å². The molecule has 1 fully saturated rings. The molecule has 8 nitrogen and oxygen atoms in total. The molecule has 2 aliphatic rings. The fourth-order valence-corrected chi connectivity index (χ4v) is 6.77. The summed E-state index contributed by atoms with van der Waals surface area (Å²) in [7, 11) is 0. The van der Waals surface area contributed by atoms with Crippen molar-refractivity contribution in [1.82, 2.24) is 20.5 Å². The summed E-state index contributed by atoms with van der Waals surface area (Å²) in [4.78, 5) is 45.2. The maximum atomic E-state index is 14.0. The summed E-state index contributed by atoms with van der Waals surface area (Å²) in [5.74, 6) is -0.539. The van der Waals surface area contributed by atoms with Gasteiger partial charge >= 0.3 is 0 Å². The van der Waals surface area contributed by atoms with Gasteiger partial charge in [-0.05, 0) is 68.0 Å². The largest absolute Gasteiger partial charge is 0.361 e. The van der Waals surface area contributed by atoms with Crippen molar-refractivity contribution in [3.05, 3.63) is 107 Å². The second kappa shape index (κ2) is 12.5. The molecule has 0 bridgehead atoms. The first-order chi connectivity index (χ1) is 20.6. The molecule has 1 spiro atoms. The van der Waals surface area contributed by atoms with Crippen LogP contribution in [0, 0.1) is 0 Å². The molecular weight excluding hydrogens is 574 g/mol. The standard InChI is InChI=1S/C35H39N5O3.ClH/c1-34(2,36)33(43)39-29(20-24-22-37-28-15-9-7-12-25(24)28)32(42)40-18-16-35(17-19-40)21-30(26-13-6-8-14-27(26)35)38-31(41)23-10-4-3-5-11-23;/h3-15,22,29-30,37H,16-21,36H2,1-2H3,(H,38,41)(H,39,43);1H/t29-,30?;/m1./s1. The van der Waals surface area contributed by atoms with Crippen LogP contribution in [0.5, 0.6) is 0 Å². The number of aromatic amines is 1. The van der Waals surface area contributed by atoms with Crippen LogP contribution in [-0.4, -0.2) is 52.3 Å². The summed E-state index contributed by atoms with van der Waals surface area (Å²) in [6.45, 7) is 4.42. The second-order valence-corrected chi connectivity index (χ2v) is 12.6. The quantitative estimate of drug-likeness (QED) is 0.240. The van der Waals surface area contributed by atoms with Crippen LogP contribution in [0.2, 0.25) is 0 Å². The summed E-state index contributed by atoms with van der Waals surface area (Å²) >= 11 is 0. The number of halogens is 1. The number of para-hydroxylation sites is 1. The number of amides is 3. The second-order valence-electron chi connectivity index (χ2n) is 12.6. The number of piperidine rings is 1. The van der Waals surface area contributed by atoms with Crippen molar-refractivity contribution < 1.29 is 14.4 Å². The van der Waals surface area contributed by atoms with Gasteiger partial charge in [-0.2, -0.15) is 0 Å². The third-order valence-electron chi connectivity index (χ3n) is 9.16. The van der Waals surface area contributed by atoms with Crippen LogP contribution >= 0.6 is 12.4 Å². The van der Waals surface area contributed by atoms with Gasteiger partial charge in [-0.15, -0.1) is 12.4 Å². The van der Waals surface area contributed by atoms with Gasteiger partial charge in [0.1, 0.15) is 6.04 Å². The van der Waals surface area contributed by atoms with Crippen molar-refractivity contribution in [3.63, 3.8) is 0 Å². The molecule has 2 atom stereocenters. The first-order valence-electron chi connectivity index (χ1n) is 15.0. The molecule has 1 unspecified atom stereocenters. The Labute approximate surface area is 264 Å². The van der Waals surface area contributed by atoms with Crippen molar-refractivity contribution in [3.8, 4) is 0 Å². The van der Waals surface area contributed by atoms with E-state index in [2.05, 4.69) is 33.8 Å². The van der Waals surface area contributed by atoms with Gasteiger partial charge in [0.2, 0.25) is 11.8 Å². The van der Waals surface area contributed by atoms with Crippen molar-refractivity contribution in [2.24, 2.45) is 5.73 Å². The zero-order valence-electron chi connectivity index (χ0n) is 25.1. The molecule has 0 saturated carbocycles. The molecule has 6 rings (SSSR count). The Hall–Kier alpha value is -4.14. The number of aromatic nitrogens is 1. The van der Waals surface area contributed by atoms with Crippen molar-refractivity contribution in [1.29, 1.82) is 0 Å². The summed E-state index contributed by atoms with van der Waals surface area (Å²) in [6, 6.07) is 24.8. The van der Waals surface area contributed by atoms with Gasteiger partial charge in [0.15, 0.2) is 0 Å². The molecule has 4 aromatic rings. The molecule has 1 aromatic heterocycles. The van der Waals surface area contributed by atoms with Crippen molar-refractivity contribution in [2.45, 2.75) is 62.6 Å². The highest BCUT2D eigenvalue weighted by Gasteiger charge is 2.47. The van der Waals surface area contributed by atoms with E-state index in [0.717, 1.165) is 41.3 Å². The van der Waals surface area contributed by atoms with E-state index in [-0.39, 0.29) is 41.6 Å². The first kappa shape index (κ1) is 31.3. The van der Waals surface area contributed by atoms with E-state index < -0.39 is 11.6 Å². The van der Waals surface area contributed by atoms with Crippen LogP contribution < -0.4 is 16.4 Å². The zero-order chi connectivity index (χ0) is 30.2. The number of carbonyl (C=O) groups excluding carboxylic acids is 3. The van der Waals surface area contributed by atoms with Crippen LogP contribution in [-0.2, 0) is 21.4 Å². The number of hydrogen-bond acceptors (Lipinski definition) is 4. The third kappa shape index (κ3) is 6.10. The van der Waals surface area contributed by atoms with E-state index >= 15 is 0 Å². The number of H-pyrrole nitrogens is 1. The molecule has 1 saturated heterocycles. The van der Waals surface area contributed by atoms with E-state index in [1.54, 1.807) is 13.8 Å². The van der Waals surface area contributed by atoms with Gasteiger partial charge in [-0.25, -0.2) is 0 Å². The lowest BCUT2D eigenvalue weighted by Gasteiger charge is -2.41. The monoisotopic (exact) mass is 613 g/mol. The van der Waals surface area contributed by atoms with Gasteiger partial charge in [-0.3, -0.25) is 14.4 Å². The predicted octanol–water partition coefficient (Wildman–Crippen LogP) is 4.79. The summed E-state index contributed by atoms with van der Waals surface area (Å²) in [5.41, 5.74) is 9.88. The average molecular weight is 614 g/mol. The minimum Gasteiger partial charge on any atom is -0.361 e. The SMILES string of the molecule is CC(C)(N)C(=O)N[C@H](Cc1c[nH]c2ccccc12)C(=O)N1CCC2(CC1)CC(NC(=O)c1ccccc1)c1ccccc12.Cl. The fraction of sp³-hybridized carbons (Fsp3) is 0.343. The molecule has 1 aliphatic heterocycles. The fourth-order valence-electron chi connectivity index (χ4n) is 6.77. The Kier molecular flexibility index (Phi) is 8.86. The summed E-state index contributed by atoms with van der Waals surface area (Å²) < 4.78 is 0. The molecule has 5 N–H and O–H groups in total. The Morgan fingerprint density at radius 1 is 0.977 bits per heavy atom. The summed E-state index contributed by atoms with van der Waals surface area (Å²) in [6.07, 6.45) is 4.63. The molecule has 3 amide bonds. The molecule has 2 heterocycles. The maximum Gasteiger partial charge on any atom is 0.251 e. The smallest absolute Gasteiger partial charge is 0.251 e. The molecule has 1 aliphatic carbocycles. The van der Waals surface area contributed by atoms with Crippen molar-refractivity contribution >= 4 is 41.0 Å². The van der Waals surface area contributed by atoms with Crippen LogP contribution in [0.15, 0.2) is 85.1 Å². The minimum absolute atomic E-state index is 0. The van der Waals surface area contributed by atoms with Gasteiger partial charge in [0.25, 0.3) is 5.91 Å². The van der Waals surface area contributed by atoms with Gasteiger partial charge < -0.3 is 26.3 Å². The molecule has 44 heavy (non-hydrogen) atoms. The van der Waals surface area contributed by atoms with E-state index in [9.17, 15) is 14.4 Å². The van der Waals surface area contributed by atoms with Crippen LogP contribution in [0.4, 0.5) is 0 Å². The maximum absolute atomic E-state index is 14.0. The highest BCUT2D eigenvalue weighted by atomic mass is 35.5. The lowest BCUT2D eigenvalue weighted by molar-refractivity contribution is -0.138. The number of carbonyl (C=O) groups is 3. The van der Waals surface area contributed by atoms with E-state index in [0.29, 0.717) is 25.1 Å². The van der Waals surface area contributed by atoms with Crippen LogP contribution in [0.3, 0.4) is 0 Å². The summed E-state index contributed by atoms with van der Waals surface area (Å²) in [5, 5.41) is 7.26. The number of rotatable bonds is 7. The number of nitrogens with two attached hydrogens (primary N) is 1. The zero-order valence-corrected chi connectivity index (χ0v) is 26.0. The average Bonchev–Trinajstić information content (AvgIpc) is 3.55. The van der Waals surface area contributed by atoms with Gasteiger partial charge in [-0.1, -0.05) is 60.7 Å². The lowest BCUT2D eigenvalue weighted by Crippen LogP contribution is -2.58. The Morgan fingerprint density at radius 2 is 1.64 bits per heavy atom. The normalized spacial score (nSPS) is 17.9. The third-order valence-corrected chi connectivity index (χ3v) is 9.16. The highest BCUT2D eigenvalue weighted by Crippen LogP contribution is 2.50. The Balaban J connectivity index is 0.00000384. The van der Waals surface area contributed by atoms with Crippen LogP contribution in [0.25, 0.3) is 10.9 Å². The van der Waals surface area contributed by atoms with Crippen molar-refractivity contribution in [2.75, 3.05) is 13.1 Å². The number of benzene rings is 3. The van der Waals surface area contributed by atoms with E-state index in [1.807, 2.05) is 71.8 Å². The molecule has 0 radical (unpaired) electrons. The molecule has 230 valence electrons. The lowest BCUT2D eigenvalue weighted by atomic mass is 9.73. The molecular formula is C35H40ClN5O3. The minimum atomic E-state index is -1.11. The number of fused-ring (bicyclic) bond motifs is 3. The number of likely N-dealkylation sites (tertiary alicyclic amines) is 1. The van der Waals surface area contributed by atoms with E-state index in [4.69, 9.17) is 5.73 Å². The van der Waals surface area contributed by atoms with Crippen LogP contribution in [0.1, 0.15) is 66.2 Å². The number of nitrogens with one attached hydrogen (secondary N) is 3. The highest BCUT2D eigenvalue weighted by molar-refractivity contribution is 5.94. The number of hydrogen-bond donors (Lipinski definition) is 4. The van der Waals surface area contributed by atoms with Gasteiger partial charge in [0.05, 0.1) is 11.6 Å². The first-order valence-corrected chi connectivity index (χ1v) is 15.0. The topological polar surface area (TPSA) is 120 Å². The molecule has 9 heteroatoms. The Morgan fingerprint density at radius 3 is 2.36 bits per heavy atom. The van der Waals surface area contributed by atoms with Gasteiger partial charge in [0, 0.05) is 47.6 Å². The molecule has 3 aromatic carbocycles. The predicted molar refractivity (Wildman–Crippen MR) is 175 cm³/mol. The number of nitrogens with zero attached hydrogens (tertiary/aromatic N) is 1.